The van der Waals surface area contributed by atoms with Gasteiger partial charge in [-0.3, -0.25) is 4.57 Å². The van der Waals surface area contributed by atoms with Crippen molar-refractivity contribution in [1.82, 2.24) is 18.8 Å². The van der Waals surface area contributed by atoms with E-state index in [9.17, 15) is 9.32 Å². The van der Waals surface area contributed by atoms with Gasteiger partial charge in [-0.1, -0.05) is 67.6 Å². The van der Waals surface area contributed by atoms with Gasteiger partial charge in [0.1, 0.15) is 40.5 Å². The molecule has 5 atom stereocenters. The minimum Gasteiger partial charge on any atom is -0.456 e. The topological polar surface area (TPSA) is 121 Å². The normalized spacial score (nSPS) is 24.0. The number of rotatable bonds is 11. The number of aromatic nitrogens is 3. The lowest BCUT2D eigenvalue weighted by atomic mass is 10.0. The van der Waals surface area contributed by atoms with Gasteiger partial charge in [-0.2, -0.15) is 9.35 Å². The molecule has 0 radical (unpaired) electrons. The lowest BCUT2D eigenvalue weighted by Crippen LogP contribution is -2.35. The highest BCUT2D eigenvalue weighted by atomic mass is 35.5. The molecule has 0 aliphatic carbocycles. The molecule has 11 nitrogen and oxygen atoms in total. The second kappa shape index (κ2) is 14.0. The molecule has 14 heteroatoms. The van der Waals surface area contributed by atoms with Crippen molar-refractivity contribution < 1.29 is 28.3 Å². The highest BCUT2D eigenvalue weighted by Crippen LogP contribution is 2.35. The fraction of sp³-hybridized carbons (Fsp3) is 0.486. The molecular formula is C35H44ClN5O6SSi. The molecule has 0 bridgehead atoms. The third-order valence-electron chi connectivity index (χ3n) is 9.27. The molecule has 3 aliphatic heterocycles. The zero-order valence-corrected chi connectivity index (χ0v) is 31.0. The maximum Gasteiger partial charge on any atom is 0.301 e. The van der Waals surface area contributed by atoms with E-state index in [2.05, 4.69) is 24.0 Å². The first-order chi connectivity index (χ1) is 23.4. The number of hydrogen-bond donors (Lipinski definition) is 1. The fourth-order valence-electron chi connectivity index (χ4n) is 6.44. The minimum absolute atomic E-state index is 0.210. The van der Waals surface area contributed by atoms with E-state index in [1.807, 2.05) is 57.4 Å². The summed E-state index contributed by atoms with van der Waals surface area (Å²) >= 11 is 6.83. The average Bonchev–Trinajstić information content (AvgIpc) is 3.87. The Bertz CT molecular complexity index is 1920. The summed E-state index contributed by atoms with van der Waals surface area (Å²) in [6.07, 6.45) is 1.95. The Kier molecular flexibility index (Phi) is 9.89. The van der Waals surface area contributed by atoms with Gasteiger partial charge in [-0.05, 0) is 48.2 Å². The summed E-state index contributed by atoms with van der Waals surface area (Å²) in [5, 5.41) is 10.7. The molecular weight excluding hydrogens is 682 g/mol. The van der Waals surface area contributed by atoms with Gasteiger partial charge in [0.2, 0.25) is 0 Å². The first-order valence-electron chi connectivity index (χ1n) is 16.9. The van der Waals surface area contributed by atoms with E-state index >= 15 is 0 Å². The van der Waals surface area contributed by atoms with E-state index in [1.165, 1.54) is 0 Å². The standard InChI is InChI=1S/C35H44ClN5O6SSi/c1-48(43,40-15-5-6-16-40)39-26-13-11-24(12-14-26)23-7-9-25(10-8-23)31-27(36)19-28-34(38-31)41(22-44-17-18-49(2,3)4)35(37-28)47-30-21-46-32-29(42)20-45-33(30)32/h7-14,19,29-30,32-33,42H,5-6,15-18,20-22H2,1-4H3/t29-,30-,32-,33?,48?/m1/s1. The molecule has 0 saturated carbocycles. The molecule has 1 N–H and O–H groups in total. The zero-order valence-electron chi connectivity index (χ0n) is 28.4. The summed E-state index contributed by atoms with van der Waals surface area (Å²) in [4.78, 5) is 9.76. The van der Waals surface area contributed by atoms with Crippen LogP contribution in [0.3, 0.4) is 0 Å². The molecule has 3 fully saturated rings. The zero-order chi connectivity index (χ0) is 34.3. The highest BCUT2D eigenvalue weighted by Gasteiger charge is 2.49. The van der Waals surface area contributed by atoms with Crippen molar-refractivity contribution in [1.29, 1.82) is 0 Å². The number of halogens is 1. The Labute approximate surface area is 293 Å². The quantitative estimate of drug-likeness (QED) is 0.140. The molecule has 5 heterocycles. The van der Waals surface area contributed by atoms with E-state index in [4.69, 9.17) is 40.5 Å². The minimum atomic E-state index is -2.42. The second-order valence-electron chi connectivity index (χ2n) is 14.3. The lowest BCUT2D eigenvalue weighted by molar-refractivity contribution is 0.00336. The van der Waals surface area contributed by atoms with Crippen LogP contribution in [0.15, 0.2) is 59.0 Å². The number of nitrogens with zero attached hydrogens (tertiary/aromatic N) is 5. The second-order valence-corrected chi connectivity index (χ2v) is 22.5. The summed E-state index contributed by atoms with van der Waals surface area (Å²) in [7, 11) is -3.72. The molecule has 2 unspecified atom stereocenters. The van der Waals surface area contributed by atoms with E-state index in [0.717, 1.165) is 48.7 Å². The smallest absolute Gasteiger partial charge is 0.301 e. The maximum absolute atomic E-state index is 13.2. The van der Waals surface area contributed by atoms with Gasteiger partial charge in [0.25, 0.3) is 0 Å². The Hall–Kier alpha value is -2.88. The SMILES string of the molecule is C[Si](C)(C)CCOCn1c(O[C@@H]2CO[C@H]3C2OC[C@H]3O)nc2cc(Cl)c(-c3ccc(-c4ccc(N=S(C)(=O)N5CCCC5)cc4)cc3)nc21. The number of imidazole rings is 1. The molecule has 3 aliphatic rings. The van der Waals surface area contributed by atoms with Crippen molar-refractivity contribution in [3.05, 3.63) is 59.6 Å². The molecule has 2 aromatic carbocycles. The molecule has 0 amide bonds. The number of pyridine rings is 1. The Morgan fingerprint density at radius 2 is 1.63 bits per heavy atom. The van der Waals surface area contributed by atoms with Crippen LogP contribution < -0.4 is 4.74 Å². The molecule has 4 aromatic rings. The number of benzene rings is 2. The monoisotopic (exact) mass is 725 g/mol. The number of hydrogen-bond acceptors (Lipinski definition) is 9. The van der Waals surface area contributed by atoms with Gasteiger partial charge < -0.3 is 24.1 Å². The highest BCUT2D eigenvalue weighted by molar-refractivity contribution is 7.90. The lowest BCUT2D eigenvalue weighted by Gasteiger charge is -2.19. The summed E-state index contributed by atoms with van der Waals surface area (Å²) < 4.78 is 45.6. The fourth-order valence-corrected chi connectivity index (χ4v) is 9.02. The van der Waals surface area contributed by atoms with Crippen LogP contribution in [0.25, 0.3) is 33.5 Å². The first-order valence-corrected chi connectivity index (χ1v) is 22.8. The molecule has 2 aromatic heterocycles. The number of ether oxygens (including phenoxy) is 4. The number of aliphatic hydroxyl groups is 1. The molecule has 3 saturated heterocycles. The summed E-state index contributed by atoms with van der Waals surface area (Å²) in [6.45, 7) is 9.94. The third kappa shape index (κ3) is 7.59. The third-order valence-corrected chi connectivity index (χ3v) is 13.1. The molecule has 49 heavy (non-hydrogen) atoms. The summed E-state index contributed by atoms with van der Waals surface area (Å²) in [5.74, 6) is 0. The Morgan fingerprint density at radius 3 is 2.33 bits per heavy atom. The molecule has 0 spiro atoms. The Balaban J connectivity index is 1.14. The predicted octanol–water partition coefficient (Wildman–Crippen LogP) is 6.38. The summed E-state index contributed by atoms with van der Waals surface area (Å²) in [5.41, 5.74) is 5.42. The van der Waals surface area contributed by atoms with Crippen LogP contribution in [0.2, 0.25) is 30.7 Å². The van der Waals surface area contributed by atoms with Crippen LogP contribution in [0.1, 0.15) is 12.8 Å². The van der Waals surface area contributed by atoms with Crippen LogP contribution in [0, 0.1) is 0 Å². The first kappa shape index (κ1) is 34.6. The van der Waals surface area contributed by atoms with Crippen LogP contribution in [-0.4, -0.2) is 99.8 Å². The molecule has 262 valence electrons. The van der Waals surface area contributed by atoms with Crippen molar-refractivity contribution in [2.45, 2.75) is 69.7 Å². The van der Waals surface area contributed by atoms with E-state index < -0.39 is 36.3 Å². The van der Waals surface area contributed by atoms with Gasteiger partial charge in [0, 0.05) is 39.6 Å². The van der Waals surface area contributed by atoms with Gasteiger partial charge in [-0.25, -0.2) is 13.5 Å². The largest absolute Gasteiger partial charge is 0.456 e. The predicted molar refractivity (Wildman–Crippen MR) is 194 cm³/mol. The van der Waals surface area contributed by atoms with Gasteiger partial charge in [0.05, 0.1) is 29.6 Å². The average molecular weight is 726 g/mol. The van der Waals surface area contributed by atoms with Crippen molar-refractivity contribution in [3.8, 4) is 28.4 Å². The van der Waals surface area contributed by atoms with E-state index in [1.54, 1.807) is 12.3 Å². The van der Waals surface area contributed by atoms with E-state index in [0.29, 0.717) is 40.2 Å². The van der Waals surface area contributed by atoms with E-state index in [-0.39, 0.29) is 26.0 Å². The van der Waals surface area contributed by atoms with Crippen molar-refractivity contribution in [2.75, 3.05) is 39.2 Å². The van der Waals surface area contributed by atoms with Gasteiger partial charge in [-0.15, -0.1) is 0 Å². The van der Waals surface area contributed by atoms with Crippen LogP contribution in [0.4, 0.5) is 5.69 Å². The van der Waals surface area contributed by atoms with Crippen molar-refractivity contribution in [2.24, 2.45) is 4.36 Å². The molecule has 7 rings (SSSR count). The number of fused-ring (bicyclic) bond motifs is 2. The summed E-state index contributed by atoms with van der Waals surface area (Å²) in [6, 6.07) is 19.1. The van der Waals surface area contributed by atoms with Crippen molar-refractivity contribution in [3.63, 3.8) is 0 Å². The van der Waals surface area contributed by atoms with Crippen molar-refractivity contribution >= 4 is 46.4 Å². The van der Waals surface area contributed by atoms with Gasteiger partial charge in [0.15, 0.2) is 11.8 Å². The van der Waals surface area contributed by atoms with Crippen LogP contribution in [0.5, 0.6) is 6.01 Å². The Morgan fingerprint density at radius 1 is 0.980 bits per heavy atom. The number of aliphatic hydroxyl groups excluding tert-OH is 1. The van der Waals surface area contributed by atoms with Crippen LogP contribution in [-0.2, 0) is 30.9 Å². The van der Waals surface area contributed by atoms with Crippen LogP contribution >= 0.6 is 11.6 Å². The van der Waals surface area contributed by atoms with Gasteiger partial charge >= 0.3 is 6.01 Å². The maximum atomic E-state index is 13.2.